The van der Waals surface area contributed by atoms with Gasteiger partial charge in [0, 0.05) is 4.47 Å². The number of ether oxygens (including phenoxy) is 1. The molecule has 0 spiro atoms. The molecule has 0 atom stereocenters. The molecule has 2 aromatic carbocycles. The van der Waals surface area contributed by atoms with Crippen LogP contribution in [0.4, 0.5) is 0 Å². The molecule has 0 aliphatic rings. The minimum Gasteiger partial charge on any atom is -0.465 e. The molecular weight excluding hydrogens is 334 g/mol. The molecule has 0 heterocycles. The molecule has 5 heteroatoms. The van der Waals surface area contributed by atoms with Gasteiger partial charge in [0.05, 0.1) is 18.9 Å². The molecule has 2 rings (SSSR count). The fourth-order valence-electron chi connectivity index (χ4n) is 1.61. The molecule has 0 saturated carbocycles. The van der Waals surface area contributed by atoms with Crippen LogP contribution in [0.15, 0.2) is 58.2 Å². The standard InChI is InChI=1S/C16H14BrNO3/c1-20-16(19)14-6-2-12(3-7-14)10-18-21-11-13-4-8-15(17)9-5-13/h2-10H,11H2,1H3/b18-10+. The number of hydrogen-bond acceptors (Lipinski definition) is 4. The number of carbonyl (C=O) groups excluding carboxylic acids is 1. The number of methoxy groups -OCH3 is 1. The van der Waals surface area contributed by atoms with Gasteiger partial charge in [-0.3, -0.25) is 0 Å². The highest BCUT2D eigenvalue weighted by molar-refractivity contribution is 9.10. The van der Waals surface area contributed by atoms with Gasteiger partial charge >= 0.3 is 5.97 Å². The summed E-state index contributed by atoms with van der Waals surface area (Å²) in [5, 5.41) is 3.90. The molecule has 108 valence electrons. The van der Waals surface area contributed by atoms with Crippen LogP contribution in [0, 0.1) is 0 Å². The minimum absolute atomic E-state index is 0.357. The first-order valence-corrected chi connectivity index (χ1v) is 7.06. The molecule has 0 aromatic heterocycles. The Hall–Kier alpha value is -2.14. The molecule has 4 nitrogen and oxygen atoms in total. The number of esters is 1. The third-order valence-electron chi connectivity index (χ3n) is 2.75. The van der Waals surface area contributed by atoms with Crippen molar-refractivity contribution >= 4 is 28.1 Å². The van der Waals surface area contributed by atoms with E-state index in [4.69, 9.17) is 4.84 Å². The average molecular weight is 348 g/mol. The monoisotopic (exact) mass is 347 g/mol. The lowest BCUT2D eigenvalue weighted by Gasteiger charge is -2.01. The summed E-state index contributed by atoms with van der Waals surface area (Å²) >= 11 is 3.38. The van der Waals surface area contributed by atoms with E-state index in [1.807, 2.05) is 24.3 Å². The summed E-state index contributed by atoms with van der Waals surface area (Å²) in [5.41, 5.74) is 2.39. The van der Waals surface area contributed by atoms with Crippen LogP contribution in [0.25, 0.3) is 0 Å². The molecule has 0 bridgehead atoms. The summed E-state index contributed by atoms with van der Waals surface area (Å²) < 4.78 is 5.66. The second-order valence-electron chi connectivity index (χ2n) is 4.25. The molecular formula is C16H14BrNO3. The van der Waals surface area contributed by atoms with Crippen LogP contribution in [0.3, 0.4) is 0 Å². The largest absolute Gasteiger partial charge is 0.465 e. The van der Waals surface area contributed by atoms with E-state index in [0.29, 0.717) is 12.2 Å². The number of benzene rings is 2. The molecule has 21 heavy (non-hydrogen) atoms. The van der Waals surface area contributed by atoms with E-state index in [9.17, 15) is 4.79 Å². The fourth-order valence-corrected chi connectivity index (χ4v) is 1.88. The van der Waals surface area contributed by atoms with Gasteiger partial charge in [-0.25, -0.2) is 4.79 Å². The lowest BCUT2D eigenvalue weighted by molar-refractivity contribution is 0.0601. The molecule has 0 unspecified atom stereocenters. The first-order chi connectivity index (χ1) is 10.2. The summed E-state index contributed by atoms with van der Waals surface area (Å²) in [6.07, 6.45) is 1.60. The SMILES string of the molecule is COC(=O)c1ccc(/C=N/OCc2ccc(Br)cc2)cc1. The van der Waals surface area contributed by atoms with Crippen molar-refractivity contribution in [3.05, 3.63) is 69.7 Å². The Kier molecular flexibility index (Phi) is 5.51. The van der Waals surface area contributed by atoms with Crippen molar-refractivity contribution in [3.8, 4) is 0 Å². The summed E-state index contributed by atoms with van der Waals surface area (Å²) in [6, 6.07) is 14.7. The second-order valence-corrected chi connectivity index (χ2v) is 5.16. The highest BCUT2D eigenvalue weighted by atomic mass is 79.9. The van der Waals surface area contributed by atoms with Crippen molar-refractivity contribution in [2.45, 2.75) is 6.61 Å². The van der Waals surface area contributed by atoms with Gasteiger partial charge in [0.25, 0.3) is 0 Å². The zero-order chi connectivity index (χ0) is 15.1. The van der Waals surface area contributed by atoms with Crippen LogP contribution in [-0.2, 0) is 16.2 Å². The number of halogens is 1. The Morgan fingerprint density at radius 2 is 1.81 bits per heavy atom. The van der Waals surface area contributed by atoms with Gasteiger partial charge in [-0.1, -0.05) is 45.4 Å². The lowest BCUT2D eigenvalue weighted by Crippen LogP contribution is -2.00. The van der Waals surface area contributed by atoms with Crippen LogP contribution in [-0.4, -0.2) is 19.3 Å². The Balaban J connectivity index is 1.86. The zero-order valence-electron chi connectivity index (χ0n) is 11.5. The van der Waals surface area contributed by atoms with Crippen molar-refractivity contribution in [2.24, 2.45) is 5.16 Å². The Bertz CT molecular complexity index is 621. The Morgan fingerprint density at radius 3 is 2.43 bits per heavy atom. The third kappa shape index (κ3) is 4.72. The third-order valence-corrected chi connectivity index (χ3v) is 3.28. The Labute approximate surface area is 131 Å². The summed E-state index contributed by atoms with van der Waals surface area (Å²) in [5.74, 6) is -0.357. The van der Waals surface area contributed by atoms with Crippen molar-refractivity contribution in [1.82, 2.24) is 0 Å². The average Bonchev–Trinajstić information content (AvgIpc) is 2.53. The van der Waals surface area contributed by atoms with Crippen LogP contribution in [0.1, 0.15) is 21.5 Å². The second kappa shape index (κ2) is 7.59. The topological polar surface area (TPSA) is 47.9 Å². The van der Waals surface area contributed by atoms with Gasteiger partial charge in [-0.2, -0.15) is 0 Å². The van der Waals surface area contributed by atoms with E-state index in [-0.39, 0.29) is 5.97 Å². The quantitative estimate of drug-likeness (QED) is 0.469. The van der Waals surface area contributed by atoms with Gasteiger partial charge in [-0.15, -0.1) is 0 Å². The smallest absolute Gasteiger partial charge is 0.337 e. The van der Waals surface area contributed by atoms with Gasteiger partial charge < -0.3 is 9.57 Å². The van der Waals surface area contributed by atoms with E-state index in [0.717, 1.165) is 15.6 Å². The Morgan fingerprint density at radius 1 is 1.14 bits per heavy atom. The van der Waals surface area contributed by atoms with Crippen LogP contribution in [0.2, 0.25) is 0 Å². The van der Waals surface area contributed by atoms with Crippen molar-refractivity contribution < 1.29 is 14.4 Å². The molecule has 0 N–H and O–H groups in total. The van der Waals surface area contributed by atoms with E-state index in [1.165, 1.54) is 7.11 Å². The number of hydrogen-bond donors (Lipinski definition) is 0. The fraction of sp³-hybridized carbons (Fsp3) is 0.125. The van der Waals surface area contributed by atoms with Gasteiger partial charge in [0.1, 0.15) is 6.61 Å². The predicted molar refractivity (Wildman–Crippen MR) is 84.3 cm³/mol. The summed E-state index contributed by atoms with van der Waals surface area (Å²) in [4.78, 5) is 16.5. The number of rotatable bonds is 5. The maximum absolute atomic E-state index is 11.3. The molecule has 0 aliphatic heterocycles. The maximum atomic E-state index is 11.3. The van der Waals surface area contributed by atoms with Crippen LogP contribution in [0.5, 0.6) is 0 Å². The lowest BCUT2D eigenvalue weighted by atomic mass is 10.1. The van der Waals surface area contributed by atoms with Gasteiger partial charge in [0.2, 0.25) is 0 Å². The van der Waals surface area contributed by atoms with Crippen molar-refractivity contribution in [3.63, 3.8) is 0 Å². The van der Waals surface area contributed by atoms with E-state index in [1.54, 1.807) is 30.5 Å². The molecule has 0 saturated heterocycles. The molecule has 0 aliphatic carbocycles. The number of carbonyl (C=O) groups is 1. The van der Waals surface area contributed by atoms with Crippen molar-refractivity contribution in [2.75, 3.05) is 7.11 Å². The minimum atomic E-state index is -0.357. The molecule has 2 aromatic rings. The van der Waals surface area contributed by atoms with Gasteiger partial charge in [0.15, 0.2) is 0 Å². The molecule has 0 fully saturated rings. The predicted octanol–water partition coefficient (Wildman–Crippen LogP) is 3.79. The molecule has 0 radical (unpaired) electrons. The van der Waals surface area contributed by atoms with Crippen LogP contribution >= 0.6 is 15.9 Å². The highest BCUT2D eigenvalue weighted by Gasteiger charge is 2.03. The summed E-state index contributed by atoms with van der Waals surface area (Å²) in [7, 11) is 1.35. The van der Waals surface area contributed by atoms with Crippen molar-refractivity contribution in [1.29, 1.82) is 0 Å². The maximum Gasteiger partial charge on any atom is 0.337 e. The summed E-state index contributed by atoms with van der Waals surface area (Å²) in [6.45, 7) is 0.407. The zero-order valence-corrected chi connectivity index (χ0v) is 13.0. The number of oxime groups is 1. The van der Waals surface area contributed by atoms with Gasteiger partial charge in [-0.05, 0) is 35.4 Å². The van der Waals surface area contributed by atoms with E-state index in [2.05, 4.69) is 25.8 Å². The molecule has 0 amide bonds. The highest BCUT2D eigenvalue weighted by Crippen LogP contribution is 2.11. The first-order valence-electron chi connectivity index (χ1n) is 6.27. The first kappa shape index (κ1) is 15.3. The normalized spacial score (nSPS) is 10.6. The van der Waals surface area contributed by atoms with E-state index < -0.39 is 0 Å². The van der Waals surface area contributed by atoms with Crippen LogP contribution < -0.4 is 0 Å². The van der Waals surface area contributed by atoms with E-state index >= 15 is 0 Å². The number of nitrogens with zero attached hydrogens (tertiary/aromatic N) is 1.